The van der Waals surface area contributed by atoms with Gasteiger partial charge in [-0.15, -0.1) is 0 Å². The predicted octanol–water partition coefficient (Wildman–Crippen LogP) is 4.46. The number of aliphatic hydroxyl groups is 1. The molecule has 0 aliphatic carbocycles. The first-order valence-corrected chi connectivity index (χ1v) is 10.0. The topological polar surface area (TPSA) is 76.1 Å². The minimum atomic E-state index is -0.781. The van der Waals surface area contributed by atoms with Crippen LogP contribution in [0.15, 0.2) is 48.0 Å². The monoisotopic (exact) mass is 449 g/mol. The first kappa shape index (κ1) is 22.2. The van der Waals surface area contributed by atoms with Crippen LogP contribution < -0.4 is 4.74 Å². The molecule has 1 aliphatic rings. The summed E-state index contributed by atoms with van der Waals surface area (Å²) >= 11 is 12.3. The van der Waals surface area contributed by atoms with Gasteiger partial charge in [0, 0.05) is 25.3 Å². The molecule has 30 heavy (non-hydrogen) atoms. The molecule has 1 heterocycles. The van der Waals surface area contributed by atoms with Crippen LogP contribution in [0.4, 0.5) is 0 Å². The van der Waals surface area contributed by atoms with E-state index in [0.717, 1.165) is 0 Å². The molecule has 1 atom stereocenters. The molecule has 0 spiro atoms. The van der Waals surface area contributed by atoms with Crippen LogP contribution in [0.1, 0.15) is 23.6 Å². The Balaban J connectivity index is 2.20. The highest BCUT2D eigenvalue weighted by Gasteiger charge is 2.46. The second kappa shape index (κ2) is 9.51. The molecule has 0 radical (unpaired) electrons. The maximum absolute atomic E-state index is 13.0. The molecular formula is C22H21Cl2NO5. The van der Waals surface area contributed by atoms with E-state index in [4.69, 9.17) is 32.7 Å². The standard InChI is InChI=1S/C22H21Cl2NO5/c1-29-10-6-9-25-18(13-7-4-3-5-8-13)17(20(27)22(25)28)19(26)15-11-14(23)12-16(24)21(15)30-2/h3-5,7-8,11-12,18,26H,6,9-10H2,1-2H3/b19-17+. The SMILES string of the molecule is COCCCN1C(=O)C(=O)/C(=C(/O)c2cc(Cl)cc(Cl)c2OC)C1c1ccccc1. The molecule has 158 valence electrons. The van der Waals surface area contributed by atoms with E-state index in [1.54, 1.807) is 31.4 Å². The summed E-state index contributed by atoms with van der Waals surface area (Å²) in [6.07, 6.45) is 0.541. The third-order valence-electron chi connectivity index (χ3n) is 4.87. The Kier molecular flexibility index (Phi) is 7.02. The number of ether oxygens (including phenoxy) is 2. The van der Waals surface area contributed by atoms with Crippen molar-refractivity contribution in [3.8, 4) is 5.75 Å². The number of amides is 1. The van der Waals surface area contributed by atoms with Crippen LogP contribution in [-0.4, -0.2) is 49.1 Å². The highest BCUT2D eigenvalue weighted by Crippen LogP contribution is 2.43. The molecule has 0 saturated carbocycles. The zero-order chi connectivity index (χ0) is 21.8. The number of benzene rings is 2. The number of carbonyl (C=O) groups is 2. The van der Waals surface area contributed by atoms with Crippen molar-refractivity contribution in [3.05, 3.63) is 69.2 Å². The Bertz CT molecular complexity index is 991. The Hall–Kier alpha value is -2.54. The van der Waals surface area contributed by atoms with E-state index in [-0.39, 0.29) is 26.9 Å². The molecule has 2 aromatic carbocycles. The van der Waals surface area contributed by atoms with Crippen molar-refractivity contribution >= 4 is 40.7 Å². The minimum absolute atomic E-state index is 0.0414. The first-order chi connectivity index (χ1) is 14.4. The van der Waals surface area contributed by atoms with Crippen LogP contribution in [0, 0.1) is 0 Å². The molecule has 2 aromatic rings. The van der Waals surface area contributed by atoms with Gasteiger partial charge in [-0.05, 0) is 24.1 Å². The number of carbonyl (C=O) groups excluding carboxylic acids is 2. The number of Topliss-reactive ketones (excluding diaryl/α,β-unsaturated/α-hetero) is 1. The van der Waals surface area contributed by atoms with E-state index in [9.17, 15) is 14.7 Å². The lowest BCUT2D eigenvalue weighted by Gasteiger charge is -2.25. The van der Waals surface area contributed by atoms with Gasteiger partial charge in [0.15, 0.2) is 0 Å². The molecule has 1 saturated heterocycles. The minimum Gasteiger partial charge on any atom is -0.507 e. The molecular weight excluding hydrogens is 429 g/mol. The summed E-state index contributed by atoms with van der Waals surface area (Å²) in [5.41, 5.74) is 0.800. The summed E-state index contributed by atoms with van der Waals surface area (Å²) in [6, 6.07) is 11.2. The quantitative estimate of drug-likeness (QED) is 0.292. The smallest absolute Gasteiger partial charge is 0.295 e. The number of likely N-dealkylation sites (tertiary alicyclic amines) is 1. The largest absolute Gasteiger partial charge is 0.507 e. The fraction of sp³-hybridized carbons (Fsp3) is 0.273. The van der Waals surface area contributed by atoms with E-state index in [0.29, 0.717) is 25.1 Å². The van der Waals surface area contributed by atoms with Crippen molar-refractivity contribution in [2.45, 2.75) is 12.5 Å². The van der Waals surface area contributed by atoms with Gasteiger partial charge in [-0.2, -0.15) is 0 Å². The van der Waals surface area contributed by atoms with Crippen LogP contribution in [0.3, 0.4) is 0 Å². The number of rotatable bonds is 7. The Morgan fingerprint density at radius 2 is 1.83 bits per heavy atom. The molecule has 3 rings (SSSR count). The third kappa shape index (κ3) is 4.17. The molecule has 1 aliphatic heterocycles. The van der Waals surface area contributed by atoms with Crippen molar-refractivity contribution in [3.63, 3.8) is 0 Å². The number of aliphatic hydroxyl groups excluding tert-OH is 1. The van der Waals surface area contributed by atoms with Crippen molar-refractivity contribution in [1.82, 2.24) is 4.90 Å². The van der Waals surface area contributed by atoms with Crippen LogP contribution in [0.5, 0.6) is 5.75 Å². The molecule has 1 fully saturated rings. The highest BCUT2D eigenvalue weighted by atomic mass is 35.5. The van der Waals surface area contributed by atoms with Gasteiger partial charge in [-0.25, -0.2) is 0 Å². The maximum atomic E-state index is 13.0. The summed E-state index contributed by atoms with van der Waals surface area (Å²) in [7, 11) is 2.96. The zero-order valence-electron chi connectivity index (χ0n) is 16.5. The Labute approximate surface area is 184 Å². The van der Waals surface area contributed by atoms with E-state index < -0.39 is 23.5 Å². The van der Waals surface area contributed by atoms with Gasteiger partial charge >= 0.3 is 0 Å². The first-order valence-electron chi connectivity index (χ1n) is 9.26. The van der Waals surface area contributed by atoms with E-state index in [1.807, 2.05) is 6.07 Å². The van der Waals surface area contributed by atoms with Gasteiger partial charge in [0.05, 0.1) is 29.3 Å². The number of methoxy groups -OCH3 is 2. The average Bonchev–Trinajstić information content (AvgIpc) is 2.98. The Morgan fingerprint density at radius 1 is 1.13 bits per heavy atom. The third-order valence-corrected chi connectivity index (χ3v) is 5.37. The lowest BCUT2D eigenvalue weighted by molar-refractivity contribution is -0.140. The van der Waals surface area contributed by atoms with Crippen LogP contribution >= 0.6 is 23.2 Å². The van der Waals surface area contributed by atoms with Crippen LogP contribution in [0.25, 0.3) is 5.76 Å². The van der Waals surface area contributed by atoms with Gasteiger partial charge in [0.2, 0.25) is 0 Å². The van der Waals surface area contributed by atoms with Crippen LogP contribution in [-0.2, 0) is 14.3 Å². The lowest BCUT2D eigenvalue weighted by atomic mass is 9.95. The van der Waals surface area contributed by atoms with Crippen LogP contribution in [0.2, 0.25) is 10.0 Å². The second-order valence-corrected chi connectivity index (χ2v) is 7.56. The van der Waals surface area contributed by atoms with Crippen molar-refractivity contribution in [1.29, 1.82) is 0 Å². The maximum Gasteiger partial charge on any atom is 0.295 e. The zero-order valence-corrected chi connectivity index (χ0v) is 18.0. The number of halogens is 2. The molecule has 6 nitrogen and oxygen atoms in total. The van der Waals surface area contributed by atoms with Gasteiger partial charge in [-0.3, -0.25) is 9.59 Å². The average molecular weight is 450 g/mol. The molecule has 8 heteroatoms. The van der Waals surface area contributed by atoms with E-state index in [2.05, 4.69) is 0 Å². The van der Waals surface area contributed by atoms with E-state index >= 15 is 0 Å². The lowest BCUT2D eigenvalue weighted by Crippen LogP contribution is -2.31. The molecule has 0 bridgehead atoms. The molecule has 1 N–H and O–H groups in total. The second-order valence-electron chi connectivity index (χ2n) is 6.72. The van der Waals surface area contributed by atoms with Gasteiger partial charge < -0.3 is 19.5 Å². The fourth-order valence-corrected chi connectivity index (χ4v) is 4.13. The van der Waals surface area contributed by atoms with E-state index in [1.165, 1.54) is 24.1 Å². The summed E-state index contributed by atoms with van der Waals surface area (Å²) in [5, 5.41) is 11.6. The Morgan fingerprint density at radius 3 is 2.47 bits per heavy atom. The van der Waals surface area contributed by atoms with Crippen molar-refractivity contribution in [2.75, 3.05) is 27.4 Å². The van der Waals surface area contributed by atoms with Gasteiger partial charge in [-0.1, -0.05) is 53.5 Å². The van der Waals surface area contributed by atoms with Crippen molar-refractivity contribution < 1.29 is 24.2 Å². The predicted molar refractivity (Wildman–Crippen MR) is 115 cm³/mol. The molecule has 0 aromatic heterocycles. The fourth-order valence-electron chi connectivity index (χ4n) is 3.56. The summed E-state index contributed by atoms with van der Waals surface area (Å²) < 4.78 is 10.4. The summed E-state index contributed by atoms with van der Waals surface area (Å²) in [6.45, 7) is 0.727. The number of hydrogen-bond acceptors (Lipinski definition) is 5. The van der Waals surface area contributed by atoms with Gasteiger partial charge in [0.1, 0.15) is 11.5 Å². The number of hydrogen-bond donors (Lipinski definition) is 1. The summed E-state index contributed by atoms with van der Waals surface area (Å²) in [4.78, 5) is 27.2. The molecule has 1 unspecified atom stereocenters. The normalized spacial score (nSPS) is 18.1. The molecule has 1 amide bonds. The number of ketones is 1. The summed E-state index contributed by atoms with van der Waals surface area (Å²) in [5.74, 6) is -1.70. The van der Waals surface area contributed by atoms with Crippen molar-refractivity contribution in [2.24, 2.45) is 0 Å². The highest BCUT2D eigenvalue weighted by molar-refractivity contribution is 6.46. The number of nitrogens with zero attached hydrogens (tertiary/aromatic N) is 1. The van der Waals surface area contributed by atoms with Gasteiger partial charge in [0.25, 0.3) is 11.7 Å².